The van der Waals surface area contributed by atoms with Gasteiger partial charge in [-0.05, 0) is 60.1 Å². The van der Waals surface area contributed by atoms with Crippen LogP contribution in [0.15, 0.2) is 4.47 Å². The van der Waals surface area contributed by atoms with Crippen LogP contribution in [-0.4, -0.2) is 27.8 Å². The van der Waals surface area contributed by atoms with Crippen LogP contribution in [0.2, 0.25) is 0 Å². The van der Waals surface area contributed by atoms with Gasteiger partial charge in [0.1, 0.15) is 0 Å². The maximum Gasteiger partial charge on any atom is 0.0767 e. The molecule has 0 bridgehead atoms. The Labute approximate surface area is 125 Å². The van der Waals surface area contributed by atoms with Crippen molar-refractivity contribution in [2.24, 2.45) is 18.9 Å². The summed E-state index contributed by atoms with van der Waals surface area (Å²) in [6, 6.07) is 0. The molecule has 0 amide bonds. The van der Waals surface area contributed by atoms with Crippen molar-refractivity contribution >= 4 is 15.9 Å². The first-order chi connectivity index (χ1) is 9.02. The Morgan fingerprint density at radius 1 is 1.32 bits per heavy atom. The zero-order valence-corrected chi connectivity index (χ0v) is 14.2. The molecule has 0 spiro atoms. The monoisotopic (exact) mass is 327 g/mol. The molecule has 0 atom stereocenters. The highest BCUT2D eigenvalue weighted by Gasteiger charge is 2.23. The molecule has 1 aromatic heterocycles. The highest BCUT2D eigenvalue weighted by atomic mass is 79.9. The van der Waals surface area contributed by atoms with Gasteiger partial charge in [0, 0.05) is 13.6 Å². The molecular formula is C15H26BrN3. The Hall–Kier alpha value is -0.350. The minimum atomic E-state index is 0.831. The molecule has 0 saturated carbocycles. The van der Waals surface area contributed by atoms with Gasteiger partial charge in [-0.1, -0.05) is 20.8 Å². The summed E-state index contributed by atoms with van der Waals surface area (Å²) < 4.78 is 3.25. The van der Waals surface area contributed by atoms with Crippen molar-refractivity contribution in [2.75, 3.05) is 13.1 Å². The van der Waals surface area contributed by atoms with E-state index in [1.165, 1.54) is 41.8 Å². The van der Waals surface area contributed by atoms with Crippen molar-refractivity contribution in [1.29, 1.82) is 0 Å². The molecule has 0 unspecified atom stereocenters. The van der Waals surface area contributed by atoms with Gasteiger partial charge in [0.15, 0.2) is 0 Å². The number of halogens is 1. The Bertz CT molecular complexity index is 417. The molecule has 0 radical (unpaired) electrons. The first-order valence-corrected chi connectivity index (χ1v) is 8.24. The van der Waals surface area contributed by atoms with Crippen molar-refractivity contribution in [3.63, 3.8) is 0 Å². The largest absolute Gasteiger partial charge is 0.297 e. The smallest absolute Gasteiger partial charge is 0.0767 e. The summed E-state index contributed by atoms with van der Waals surface area (Å²) in [6.07, 6.45) is 3.67. The van der Waals surface area contributed by atoms with Gasteiger partial charge in [0.25, 0.3) is 0 Å². The predicted molar refractivity (Wildman–Crippen MR) is 83.1 cm³/mol. The Balaban J connectivity index is 1.98. The Kier molecular flexibility index (Phi) is 5.07. The topological polar surface area (TPSA) is 21.1 Å². The van der Waals surface area contributed by atoms with Crippen molar-refractivity contribution in [3.8, 4) is 0 Å². The van der Waals surface area contributed by atoms with Crippen LogP contribution in [0, 0.1) is 11.8 Å². The van der Waals surface area contributed by atoms with Crippen LogP contribution >= 0.6 is 15.9 Å². The summed E-state index contributed by atoms with van der Waals surface area (Å²) in [5, 5.41) is 4.58. The molecule has 2 rings (SSSR count). The van der Waals surface area contributed by atoms with E-state index in [0.29, 0.717) is 0 Å². The van der Waals surface area contributed by atoms with Crippen molar-refractivity contribution in [3.05, 3.63) is 15.9 Å². The summed E-state index contributed by atoms with van der Waals surface area (Å²) in [7, 11) is 2.06. The number of hydrogen-bond donors (Lipinski definition) is 0. The van der Waals surface area contributed by atoms with E-state index in [2.05, 4.69) is 53.7 Å². The zero-order chi connectivity index (χ0) is 14.0. The van der Waals surface area contributed by atoms with Gasteiger partial charge >= 0.3 is 0 Å². The van der Waals surface area contributed by atoms with Crippen LogP contribution < -0.4 is 0 Å². The molecule has 0 N–H and O–H groups in total. The van der Waals surface area contributed by atoms with Crippen molar-refractivity contribution in [2.45, 2.75) is 46.6 Å². The average molecular weight is 328 g/mol. The number of aromatic nitrogens is 2. The third-order valence-corrected chi connectivity index (χ3v) is 5.37. The van der Waals surface area contributed by atoms with Gasteiger partial charge in [-0.25, -0.2) is 0 Å². The second kappa shape index (κ2) is 6.40. The van der Waals surface area contributed by atoms with E-state index in [9.17, 15) is 0 Å². The van der Waals surface area contributed by atoms with Gasteiger partial charge in [0.05, 0.1) is 15.9 Å². The highest BCUT2D eigenvalue weighted by molar-refractivity contribution is 9.10. The lowest BCUT2D eigenvalue weighted by Gasteiger charge is -2.33. The Morgan fingerprint density at radius 2 is 1.95 bits per heavy atom. The standard InChI is InChI=1S/C15H26BrN3/c1-5-13-15(16)14(18(4)17-13)10-19-8-6-12(7-9-19)11(2)3/h11-12H,5-10H2,1-4H3. The van der Waals surface area contributed by atoms with Crippen LogP contribution in [0.25, 0.3) is 0 Å². The van der Waals surface area contributed by atoms with E-state index in [4.69, 9.17) is 0 Å². The van der Waals surface area contributed by atoms with Crippen LogP contribution in [0.3, 0.4) is 0 Å². The lowest BCUT2D eigenvalue weighted by Crippen LogP contribution is -2.35. The minimum absolute atomic E-state index is 0.831. The third-order valence-electron chi connectivity index (χ3n) is 4.45. The summed E-state index contributed by atoms with van der Waals surface area (Å²) in [5.74, 6) is 1.75. The molecule has 4 heteroatoms. The molecule has 108 valence electrons. The number of aryl methyl sites for hydroxylation is 2. The SMILES string of the molecule is CCc1nn(C)c(CN2CCC(C(C)C)CC2)c1Br. The lowest BCUT2D eigenvalue weighted by molar-refractivity contribution is 0.149. The van der Waals surface area contributed by atoms with E-state index >= 15 is 0 Å². The minimum Gasteiger partial charge on any atom is -0.297 e. The molecule has 1 aromatic rings. The van der Waals surface area contributed by atoms with E-state index in [-0.39, 0.29) is 0 Å². The first-order valence-electron chi connectivity index (χ1n) is 7.45. The number of piperidine rings is 1. The molecule has 1 aliphatic rings. The number of hydrogen-bond acceptors (Lipinski definition) is 2. The van der Waals surface area contributed by atoms with Crippen LogP contribution in [0.4, 0.5) is 0 Å². The Morgan fingerprint density at radius 3 is 2.42 bits per heavy atom. The van der Waals surface area contributed by atoms with Gasteiger partial charge in [0.2, 0.25) is 0 Å². The van der Waals surface area contributed by atoms with E-state index < -0.39 is 0 Å². The molecule has 2 heterocycles. The van der Waals surface area contributed by atoms with Gasteiger partial charge in [-0.3, -0.25) is 9.58 Å². The molecular weight excluding hydrogens is 302 g/mol. The molecule has 0 aromatic carbocycles. The number of rotatable bonds is 4. The maximum absolute atomic E-state index is 4.58. The second-order valence-corrected chi connectivity index (χ2v) is 6.84. The predicted octanol–water partition coefficient (Wildman–Crippen LogP) is 3.61. The van der Waals surface area contributed by atoms with Gasteiger partial charge in [-0.15, -0.1) is 0 Å². The molecule has 1 aliphatic heterocycles. The number of likely N-dealkylation sites (tertiary alicyclic amines) is 1. The summed E-state index contributed by atoms with van der Waals surface area (Å²) >= 11 is 3.71. The van der Waals surface area contributed by atoms with Crippen LogP contribution in [-0.2, 0) is 20.0 Å². The third kappa shape index (κ3) is 3.40. The normalized spacial score (nSPS) is 18.4. The van der Waals surface area contributed by atoms with Crippen LogP contribution in [0.5, 0.6) is 0 Å². The van der Waals surface area contributed by atoms with E-state index in [1.807, 2.05) is 4.68 Å². The fourth-order valence-corrected chi connectivity index (χ4v) is 3.72. The maximum atomic E-state index is 4.58. The van der Waals surface area contributed by atoms with Crippen molar-refractivity contribution < 1.29 is 0 Å². The van der Waals surface area contributed by atoms with Gasteiger partial charge in [-0.2, -0.15) is 5.10 Å². The number of nitrogens with zero attached hydrogens (tertiary/aromatic N) is 3. The molecule has 0 aliphatic carbocycles. The quantitative estimate of drug-likeness (QED) is 0.842. The van der Waals surface area contributed by atoms with E-state index in [1.54, 1.807) is 0 Å². The highest BCUT2D eigenvalue weighted by Crippen LogP contribution is 2.27. The van der Waals surface area contributed by atoms with Crippen LogP contribution in [0.1, 0.15) is 45.0 Å². The summed E-state index contributed by atoms with van der Waals surface area (Å²) in [5.41, 5.74) is 2.49. The lowest BCUT2D eigenvalue weighted by atomic mass is 9.87. The first kappa shape index (κ1) is 15.0. The molecule has 19 heavy (non-hydrogen) atoms. The zero-order valence-electron chi connectivity index (χ0n) is 12.6. The van der Waals surface area contributed by atoms with Gasteiger partial charge < -0.3 is 0 Å². The fourth-order valence-electron chi connectivity index (χ4n) is 2.98. The average Bonchev–Trinajstić information content (AvgIpc) is 2.67. The second-order valence-electron chi connectivity index (χ2n) is 6.04. The van der Waals surface area contributed by atoms with E-state index in [0.717, 1.165) is 24.8 Å². The van der Waals surface area contributed by atoms with Crippen molar-refractivity contribution in [1.82, 2.24) is 14.7 Å². The fraction of sp³-hybridized carbons (Fsp3) is 0.800. The summed E-state index contributed by atoms with van der Waals surface area (Å²) in [4.78, 5) is 2.57. The molecule has 3 nitrogen and oxygen atoms in total. The summed E-state index contributed by atoms with van der Waals surface area (Å²) in [6.45, 7) is 10.3. The molecule has 1 fully saturated rings. The molecule has 1 saturated heterocycles.